The topological polar surface area (TPSA) is 34.4 Å². The van der Waals surface area contributed by atoms with Crippen molar-refractivity contribution in [2.45, 2.75) is 39.3 Å². The molecule has 1 heterocycles. The van der Waals surface area contributed by atoms with Gasteiger partial charge in [0.2, 0.25) is 0 Å². The fourth-order valence-electron chi connectivity index (χ4n) is 1.80. The normalized spacial score (nSPS) is 15.1. The van der Waals surface area contributed by atoms with Gasteiger partial charge in [-0.1, -0.05) is 13.8 Å². The van der Waals surface area contributed by atoms with Gasteiger partial charge in [0, 0.05) is 12.2 Å². The first-order chi connectivity index (χ1) is 7.33. The molecule has 1 rings (SSSR count). The zero-order valence-corrected chi connectivity index (χ0v) is 9.82. The molecule has 1 aromatic rings. The summed E-state index contributed by atoms with van der Waals surface area (Å²) in [6.45, 7) is 7.95. The van der Waals surface area contributed by atoms with Crippen molar-refractivity contribution in [3.05, 3.63) is 24.2 Å². The lowest BCUT2D eigenvalue weighted by molar-refractivity contribution is 0.0317. The highest BCUT2D eigenvalue weighted by Crippen LogP contribution is 2.21. The number of hydrogen-bond donors (Lipinski definition) is 1. The second-order valence-corrected chi connectivity index (χ2v) is 3.49. The van der Waals surface area contributed by atoms with Gasteiger partial charge >= 0.3 is 0 Å². The first-order valence-electron chi connectivity index (χ1n) is 5.70. The van der Waals surface area contributed by atoms with Crippen molar-refractivity contribution in [2.75, 3.05) is 13.2 Å². The quantitative estimate of drug-likeness (QED) is 0.753. The number of likely N-dealkylation sites (N-methyl/N-ethyl adjacent to an activating group) is 1. The molecule has 0 aliphatic rings. The van der Waals surface area contributed by atoms with Gasteiger partial charge in [0.1, 0.15) is 0 Å². The molecular formula is C12H21NO2. The Balaban J connectivity index is 2.71. The van der Waals surface area contributed by atoms with Crippen LogP contribution in [0.4, 0.5) is 0 Å². The second kappa shape index (κ2) is 6.64. The van der Waals surface area contributed by atoms with E-state index in [1.807, 2.05) is 13.0 Å². The summed E-state index contributed by atoms with van der Waals surface area (Å²) in [7, 11) is 0. The molecule has 0 saturated heterocycles. The minimum absolute atomic E-state index is 0.215. The van der Waals surface area contributed by atoms with E-state index in [0.717, 1.165) is 25.1 Å². The minimum atomic E-state index is 0.215. The summed E-state index contributed by atoms with van der Waals surface area (Å²) in [4.78, 5) is 0. The second-order valence-electron chi connectivity index (χ2n) is 3.49. The van der Waals surface area contributed by atoms with Crippen LogP contribution in [0.15, 0.2) is 23.0 Å². The largest absolute Gasteiger partial charge is 0.472 e. The van der Waals surface area contributed by atoms with E-state index in [2.05, 4.69) is 19.2 Å². The molecule has 0 aromatic carbocycles. The van der Waals surface area contributed by atoms with Crippen molar-refractivity contribution in [1.29, 1.82) is 0 Å². The standard InChI is InChI=1S/C12H21NO2/c1-4-11(15-6-3)12(13-5-2)10-7-8-14-9-10/h7-9,11-13H,4-6H2,1-3H3. The number of furan rings is 1. The molecule has 3 heteroatoms. The molecule has 0 radical (unpaired) electrons. The summed E-state index contributed by atoms with van der Waals surface area (Å²) in [5, 5.41) is 3.44. The summed E-state index contributed by atoms with van der Waals surface area (Å²) in [5.41, 5.74) is 1.16. The Kier molecular flexibility index (Phi) is 5.43. The van der Waals surface area contributed by atoms with E-state index in [4.69, 9.17) is 9.15 Å². The van der Waals surface area contributed by atoms with Gasteiger partial charge in [-0.2, -0.15) is 0 Å². The van der Waals surface area contributed by atoms with Crippen LogP contribution in [0.1, 0.15) is 38.8 Å². The van der Waals surface area contributed by atoms with Gasteiger partial charge in [0.25, 0.3) is 0 Å². The van der Waals surface area contributed by atoms with Crippen molar-refractivity contribution in [3.8, 4) is 0 Å². The maximum atomic E-state index is 5.73. The molecule has 2 atom stereocenters. The molecule has 1 N–H and O–H groups in total. The van der Waals surface area contributed by atoms with Crippen LogP contribution in [-0.2, 0) is 4.74 Å². The number of nitrogens with one attached hydrogen (secondary N) is 1. The van der Waals surface area contributed by atoms with Gasteiger partial charge in [0.15, 0.2) is 0 Å². The van der Waals surface area contributed by atoms with E-state index in [-0.39, 0.29) is 12.1 Å². The Bertz CT molecular complexity index is 246. The monoisotopic (exact) mass is 211 g/mol. The van der Waals surface area contributed by atoms with E-state index in [9.17, 15) is 0 Å². The SMILES string of the molecule is CCNC(c1ccoc1)C(CC)OCC. The average molecular weight is 211 g/mol. The highest BCUT2D eigenvalue weighted by molar-refractivity contribution is 5.13. The molecular weight excluding hydrogens is 190 g/mol. The lowest BCUT2D eigenvalue weighted by Crippen LogP contribution is -2.33. The van der Waals surface area contributed by atoms with Crippen molar-refractivity contribution < 1.29 is 9.15 Å². The molecule has 15 heavy (non-hydrogen) atoms. The van der Waals surface area contributed by atoms with Gasteiger partial charge in [-0.05, 0) is 26.0 Å². The summed E-state index contributed by atoms with van der Waals surface area (Å²) in [5.74, 6) is 0. The van der Waals surface area contributed by atoms with Crippen LogP contribution in [0.25, 0.3) is 0 Å². The van der Waals surface area contributed by atoms with Crippen LogP contribution in [0, 0.1) is 0 Å². The molecule has 0 saturated carbocycles. The lowest BCUT2D eigenvalue weighted by Gasteiger charge is -2.25. The van der Waals surface area contributed by atoms with E-state index in [0.29, 0.717) is 0 Å². The van der Waals surface area contributed by atoms with Gasteiger partial charge in [0.05, 0.1) is 24.7 Å². The molecule has 0 amide bonds. The predicted octanol–water partition coefficient (Wildman–Crippen LogP) is 2.75. The van der Waals surface area contributed by atoms with E-state index < -0.39 is 0 Å². The third-order valence-corrected chi connectivity index (χ3v) is 2.48. The van der Waals surface area contributed by atoms with Gasteiger partial charge in [-0.15, -0.1) is 0 Å². The first kappa shape index (κ1) is 12.3. The molecule has 0 spiro atoms. The van der Waals surface area contributed by atoms with Gasteiger partial charge in [-0.25, -0.2) is 0 Å². The Morgan fingerprint density at radius 1 is 1.40 bits per heavy atom. The number of ether oxygens (including phenoxy) is 1. The molecule has 0 bridgehead atoms. The van der Waals surface area contributed by atoms with Crippen molar-refractivity contribution in [3.63, 3.8) is 0 Å². The van der Waals surface area contributed by atoms with Crippen LogP contribution in [0.2, 0.25) is 0 Å². The van der Waals surface area contributed by atoms with Gasteiger partial charge in [-0.3, -0.25) is 0 Å². The van der Waals surface area contributed by atoms with Gasteiger partial charge < -0.3 is 14.5 Å². The summed E-state index contributed by atoms with van der Waals surface area (Å²) in [6, 6.07) is 2.23. The van der Waals surface area contributed by atoms with Crippen LogP contribution < -0.4 is 5.32 Å². The van der Waals surface area contributed by atoms with E-state index >= 15 is 0 Å². The Hall–Kier alpha value is -0.800. The maximum Gasteiger partial charge on any atom is 0.0951 e. The molecule has 0 aliphatic carbocycles. The van der Waals surface area contributed by atoms with E-state index in [1.54, 1.807) is 12.5 Å². The number of rotatable bonds is 7. The van der Waals surface area contributed by atoms with Crippen molar-refractivity contribution >= 4 is 0 Å². The van der Waals surface area contributed by atoms with E-state index in [1.165, 1.54) is 0 Å². The highest BCUT2D eigenvalue weighted by atomic mass is 16.5. The fourth-order valence-corrected chi connectivity index (χ4v) is 1.80. The van der Waals surface area contributed by atoms with Crippen LogP contribution in [0.5, 0.6) is 0 Å². The van der Waals surface area contributed by atoms with Crippen LogP contribution >= 0.6 is 0 Å². The zero-order chi connectivity index (χ0) is 11.1. The Labute approximate surface area is 91.8 Å². The lowest BCUT2D eigenvalue weighted by atomic mass is 10.0. The van der Waals surface area contributed by atoms with Crippen LogP contribution in [0.3, 0.4) is 0 Å². The molecule has 2 unspecified atom stereocenters. The minimum Gasteiger partial charge on any atom is -0.472 e. The third kappa shape index (κ3) is 3.36. The fraction of sp³-hybridized carbons (Fsp3) is 0.667. The van der Waals surface area contributed by atoms with Crippen LogP contribution in [-0.4, -0.2) is 19.3 Å². The molecule has 0 fully saturated rings. The highest BCUT2D eigenvalue weighted by Gasteiger charge is 2.21. The summed E-state index contributed by atoms with van der Waals surface area (Å²) >= 11 is 0. The molecule has 86 valence electrons. The smallest absolute Gasteiger partial charge is 0.0951 e. The maximum absolute atomic E-state index is 5.73. The third-order valence-electron chi connectivity index (χ3n) is 2.48. The van der Waals surface area contributed by atoms with Crippen molar-refractivity contribution in [1.82, 2.24) is 5.32 Å². The molecule has 3 nitrogen and oxygen atoms in total. The van der Waals surface area contributed by atoms with Crippen molar-refractivity contribution in [2.24, 2.45) is 0 Å². The number of hydrogen-bond acceptors (Lipinski definition) is 3. The average Bonchev–Trinajstić information content (AvgIpc) is 2.76. The zero-order valence-electron chi connectivity index (χ0n) is 9.82. The molecule has 1 aromatic heterocycles. The Morgan fingerprint density at radius 2 is 2.20 bits per heavy atom. The Morgan fingerprint density at radius 3 is 2.67 bits per heavy atom. The predicted molar refractivity (Wildman–Crippen MR) is 60.8 cm³/mol. The first-order valence-corrected chi connectivity index (χ1v) is 5.70. The molecule has 0 aliphatic heterocycles. The summed E-state index contributed by atoms with van der Waals surface area (Å²) in [6.07, 6.45) is 4.71. The summed E-state index contributed by atoms with van der Waals surface area (Å²) < 4.78 is 10.8.